The lowest BCUT2D eigenvalue weighted by Gasteiger charge is -2.20. The minimum absolute atomic E-state index is 0.125. The van der Waals surface area contributed by atoms with Crippen LogP contribution in [-0.4, -0.2) is 46.0 Å². The first-order valence-electron chi connectivity index (χ1n) is 7.82. The lowest BCUT2D eigenvalue weighted by Crippen LogP contribution is -2.42. The summed E-state index contributed by atoms with van der Waals surface area (Å²) in [5, 5.41) is 6.40. The van der Waals surface area contributed by atoms with Gasteiger partial charge in [0.1, 0.15) is 0 Å². The second-order valence-electron chi connectivity index (χ2n) is 5.85. The van der Waals surface area contributed by atoms with E-state index in [4.69, 9.17) is 0 Å². The Morgan fingerprint density at radius 1 is 1.30 bits per heavy atom. The second-order valence-corrected chi connectivity index (χ2v) is 9.18. The summed E-state index contributed by atoms with van der Waals surface area (Å²) in [5.41, 5.74) is 1.46. The SMILES string of the molecule is CCS(=O)(=O)CCNC(=NC)NCC1(c2ccccc2Br)CC1. The van der Waals surface area contributed by atoms with Gasteiger partial charge in [0.25, 0.3) is 0 Å². The predicted molar refractivity (Wildman–Crippen MR) is 98.7 cm³/mol. The molecular formula is C16H24BrN3O2S. The van der Waals surface area contributed by atoms with Crippen molar-refractivity contribution < 1.29 is 8.42 Å². The number of halogens is 1. The largest absolute Gasteiger partial charge is 0.356 e. The monoisotopic (exact) mass is 401 g/mol. The van der Waals surface area contributed by atoms with Crippen LogP contribution in [0, 0.1) is 0 Å². The summed E-state index contributed by atoms with van der Waals surface area (Å²) in [5.74, 6) is 0.945. The van der Waals surface area contributed by atoms with Gasteiger partial charge in [-0.3, -0.25) is 4.99 Å². The number of hydrogen-bond donors (Lipinski definition) is 2. The fraction of sp³-hybridized carbons (Fsp3) is 0.562. The molecule has 0 amide bonds. The van der Waals surface area contributed by atoms with Gasteiger partial charge < -0.3 is 10.6 Å². The van der Waals surface area contributed by atoms with Crippen molar-refractivity contribution in [2.45, 2.75) is 25.2 Å². The van der Waals surface area contributed by atoms with E-state index in [0.717, 1.165) is 23.9 Å². The number of aliphatic imine (C=N–C) groups is 1. The highest BCUT2D eigenvalue weighted by atomic mass is 79.9. The molecule has 0 aliphatic heterocycles. The minimum atomic E-state index is -2.95. The maximum absolute atomic E-state index is 11.5. The number of hydrogen-bond acceptors (Lipinski definition) is 3. The molecule has 1 saturated carbocycles. The Balaban J connectivity index is 1.88. The predicted octanol–water partition coefficient (Wildman–Crippen LogP) is 2.08. The van der Waals surface area contributed by atoms with Gasteiger partial charge in [0.05, 0.1) is 5.75 Å². The molecule has 1 aliphatic rings. The summed E-state index contributed by atoms with van der Waals surface area (Å²) in [6, 6.07) is 8.30. The van der Waals surface area contributed by atoms with Crippen LogP contribution in [0.2, 0.25) is 0 Å². The summed E-state index contributed by atoms with van der Waals surface area (Å²) in [4.78, 5) is 4.17. The van der Waals surface area contributed by atoms with E-state index in [2.05, 4.69) is 49.8 Å². The van der Waals surface area contributed by atoms with E-state index in [0.29, 0.717) is 12.5 Å². The molecule has 1 aromatic rings. The molecule has 23 heavy (non-hydrogen) atoms. The van der Waals surface area contributed by atoms with Crippen molar-refractivity contribution in [2.75, 3.05) is 31.6 Å². The lowest BCUT2D eigenvalue weighted by molar-refractivity contribution is 0.595. The van der Waals surface area contributed by atoms with E-state index in [1.807, 2.05) is 6.07 Å². The average Bonchev–Trinajstić information content (AvgIpc) is 3.32. The topological polar surface area (TPSA) is 70.6 Å². The highest BCUT2D eigenvalue weighted by Crippen LogP contribution is 2.49. The molecule has 1 fully saturated rings. The van der Waals surface area contributed by atoms with E-state index < -0.39 is 9.84 Å². The van der Waals surface area contributed by atoms with Crippen molar-refractivity contribution in [1.82, 2.24) is 10.6 Å². The van der Waals surface area contributed by atoms with E-state index in [9.17, 15) is 8.42 Å². The zero-order chi connectivity index (χ0) is 16.9. The molecule has 0 bridgehead atoms. The van der Waals surface area contributed by atoms with E-state index in [1.165, 1.54) is 5.56 Å². The molecule has 0 radical (unpaired) electrons. The van der Waals surface area contributed by atoms with Crippen LogP contribution in [0.15, 0.2) is 33.7 Å². The third-order valence-electron chi connectivity index (χ3n) is 4.26. The fourth-order valence-corrected chi connectivity index (χ4v) is 3.93. The molecule has 0 spiro atoms. The third-order valence-corrected chi connectivity index (χ3v) is 6.66. The molecule has 5 nitrogen and oxygen atoms in total. The molecule has 2 rings (SSSR count). The molecule has 0 saturated heterocycles. The van der Waals surface area contributed by atoms with Gasteiger partial charge >= 0.3 is 0 Å². The highest BCUT2D eigenvalue weighted by Gasteiger charge is 2.45. The summed E-state index contributed by atoms with van der Waals surface area (Å²) < 4.78 is 24.2. The normalized spacial score (nSPS) is 16.9. The van der Waals surface area contributed by atoms with Gasteiger partial charge in [0.15, 0.2) is 15.8 Å². The molecule has 2 N–H and O–H groups in total. The van der Waals surface area contributed by atoms with Crippen LogP contribution >= 0.6 is 15.9 Å². The number of sulfone groups is 1. The molecule has 0 heterocycles. The molecule has 1 aromatic carbocycles. The molecule has 7 heteroatoms. The number of guanidine groups is 1. The van der Waals surface area contributed by atoms with Crippen LogP contribution in [0.5, 0.6) is 0 Å². The fourth-order valence-electron chi connectivity index (χ4n) is 2.53. The Kier molecular flexibility index (Phi) is 6.08. The minimum Gasteiger partial charge on any atom is -0.356 e. The molecule has 0 aromatic heterocycles. The number of nitrogens with one attached hydrogen (secondary N) is 2. The lowest BCUT2D eigenvalue weighted by atomic mass is 9.96. The van der Waals surface area contributed by atoms with Crippen molar-refractivity contribution in [3.05, 3.63) is 34.3 Å². The maximum atomic E-state index is 11.5. The standard InChI is InChI=1S/C16H24BrN3O2S/c1-3-23(21,22)11-10-19-15(18-2)20-12-16(8-9-16)13-6-4-5-7-14(13)17/h4-7H,3,8-12H2,1-2H3,(H2,18,19,20). The van der Waals surface area contributed by atoms with Gasteiger partial charge in [-0.1, -0.05) is 41.1 Å². The average molecular weight is 402 g/mol. The van der Waals surface area contributed by atoms with Crippen LogP contribution < -0.4 is 10.6 Å². The Morgan fingerprint density at radius 3 is 2.57 bits per heavy atom. The van der Waals surface area contributed by atoms with E-state index in [1.54, 1.807) is 14.0 Å². The Bertz CT molecular complexity index is 670. The first-order chi connectivity index (χ1) is 10.9. The van der Waals surface area contributed by atoms with Crippen LogP contribution in [0.4, 0.5) is 0 Å². The summed E-state index contributed by atoms with van der Waals surface area (Å²) >= 11 is 3.63. The number of benzene rings is 1. The van der Waals surface area contributed by atoms with Gasteiger partial charge in [0, 0.05) is 35.8 Å². The van der Waals surface area contributed by atoms with Gasteiger partial charge in [0.2, 0.25) is 0 Å². The van der Waals surface area contributed by atoms with Crippen molar-refractivity contribution in [1.29, 1.82) is 0 Å². The number of rotatable bonds is 7. The van der Waals surface area contributed by atoms with Gasteiger partial charge in [-0.2, -0.15) is 0 Å². The van der Waals surface area contributed by atoms with Crippen molar-refractivity contribution in [2.24, 2.45) is 4.99 Å². The molecule has 1 aliphatic carbocycles. The third kappa shape index (κ3) is 4.94. The Morgan fingerprint density at radius 2 is 2.00 bits per heavy atom. The van der Waals surface area contributed by atoms with Gasteiger partial charge in [-0.25, -0.2) is 8.42 Å². The Labute approximate surface area is 147 Å². The molecule has 128 valence electrons. The van der Waals surface area contributed by atoms with Crippen LogP contribution in [0.1, 0.15) is 25.3 Å². The van der Waals surface area contributed by atoms with E-state index in [-0.39, 0.29) is 16.9 Å². The highest BCUT2D eigenvalue weighted by molar-refractivity contribution is 9.10. The van der Waals surface area contributed by atoms with Crippen LogP contribution in [-0.2, 0) is 15.3 Å². The summed E-state index contributed by atoms with van der Waals surface area (Å²) in [6.45, 7) is 2.82. The Hall–Kier alpha value is -1.08. The van der Waals surface area contributed by atoms with Crippen LogP contribution in [0.25, 0.3) is 0 Å². The number of nitrogens with zero attached hydrogens (tertiary/aromatic N) is 1. The maximum Gasteiger partial charge on any atom is 0.191 e. The summed E-state index contributed by atoms with van der Waals surface area (Å²) in [7, 11) is -1.26. The van der Waals surface area contributed by atoms with Crippen molar-refractivity contribution in [3.8, 4) is 0 Å². The van der Waals surface area contributed by atoms with Crippen LogP contribution in [0.3, 0.4) is 0 Å². The molecular weight excluding hydrogens is 378 g/mol. The first kappa shape index (κ1) is 18.3. The second kappa shape index (κ2) is 7.66. The summed E-state index contributed by atoms with van der Waals surface area (Å²) in [6.07, 6.45) is 2.29. The van der Waals surface area contributed by atoms with Crippen molar-refractivity contribution >= 4 is 31.7 Å². The smallest absolute Gasteiger partial charge is 0.191 e. The van der Waals surface area contributed by atoms with Gasteiger partial charge in [-0.05, 0) is 24.5 Å². The molecule has 0 atom stereocenters. The zero-order valence-corrected chi connectivity index (χ0v) is 16.0. The molecule has 0 unspecified atom stereocenters. The van der Waals surface area contributed by atoms with Crippen molar-refractivity contribution in [3.63, 3.8) is 0 Å². The quantitative estimate of drug-likeness (QED) is 0.541. The zero-order valence-electron chi connectivity index (χ0n) is 13.6. The van der Waals surface area contributed by atoms with E-state index >= 15 is 0 Å². The first-order valence-corrected chi connectivity index (χ1v) is 10.4. The van der Waals surface area contributed by atoms with Gasteiger partial charge in [-0.15, -0.1) is 0 Å².